The van der Waals surface area contributed by atoms with Gasteiger partial charge in [0.2, 0.25) is 5.91 Å². The van der Waals surface area contributed by atoms with E-state index >= 15 is 0 Å². The minimum Gasteiger partial charge on any atom is -0.508 e. The van der Waals surface area contributed by atoms with Crippen LogP contribution >= 0.6 is 0 Å². The van der Waals surface area contributed by atoms with Gasteiger partial charge in [0.25, 0.3) is 0 Å². The Bertz CT molecular complexity index is 404. The van der Waals surface area contributed by atoms with Gasteiger partial charge in [0, 0.05) is 12.6 Å². The van der Waals surface area contributed by atoms with Gasteiger partial charge in [-0.05, 0) is 45.1 Å². The highest BCUT2D eigenvalue weighted by molar-refractivity contribution is 5.82. The monoisotopic (exact) mass is 265 g/mol. The van der Waals surface area contributed by atoms with Crippen LogP contribution in [-0.2, 0) is 11.2 Å². The van der Waals surface area contributed by atoms with Crippen molar-refractivity contribution in [2.75, 3.05) is 20.6 Å². The van der Waals surface area contributed by atoms with E-state index < -0.39 is 6.04 Å². The number of hydrogen-bond acceptors (Lipinski definition) is 4. The summed E-state index contributed by atoms with van der Waals surface area (Å²) in [7, 11) is 3.91. The van der Waals surface area contributed by atoms with Gasteiger partial charge in [-0.1, -0.05) is 12.1 Å². The van der Waals surface area contributed by atoms with Crippen LogP contribution in [-0.4, -0.2) is 48.6 Å². The molecule has 0 saturated heterocycles. The van der Waals surface area contributed by atoms with Gasteiger partial charge in [-0.25, -0.2) is 0 Å². The fourth-order valence-corrected chi connectivity index (χ4v) is 1.92. The zero-order chi connectivity index (χ0) is 14.4. The standard InChI is InChI=1S/C14H23N3O2/c1-10(9-17(2)3)16-14(19)13(15)8-11-4-6-12(18)7-5-11/h4-7,10,13,18H,8-9,15H2,1-3H3,(H,16,19)/t10?,13-/m1/s1. The Balaban J connectivity index is 2.46. The summed E-state index contributed by atoms with van der Waals surface area (Å²) in [5, 5.41) is 12.1. The summed E-state index contributed by atoms with van der Waals surface area (Å²) in [5.74, 6) is 0.0591. The van der Waals surface area contributed by atoms with Crippen LogP contribution in [0.25, 0.3) is 0 Å². The molecular formula is C14H23N3O2. The first kappa shape index (κ1) is 15.5. The Labute approximate surface area is 114 Å². The summed E-state index contributed by atoms with van der Waals surface area (Å²) in [6.07, 6.45) is 0.459. The van der Waals surface area contributed by atoms with Crippen molar-refractivity contribution in [3.8, 4) is 5.75 Å². The Morgan fingerprint density at radius 3 is 2.47 bits per heavy atom. The summed E-state index contributed by atoms with van der Waals surface area (Å²) in [6.45, 7) is 2.73. The Kier molecular flexibility index (Phi) is 5.79. The van der Waals surface area contributed by atoms with E-state index in [0.717, 1.165) is 12.1 Å². The molecule has 0 fully saturated rings. The molecule has 4 N–H and O–H groups in total. The van der Waals surface area contributed by atoms with Crippen LogP contribution in [0.4, 0.5) is 0 Å². The quantitative estimate of drug-likeness (QED) is 0.692. The normalized spacial score (nSPS) is 14.2. The van der Waals surface area contributed by atoms with Crippen LogP contribution in [0.3, 0.4) is 0 Å². The molecule has 1 amide bonds. The van der Waals surface area contributed by atoms with Crippen molar-refractivity contribution in [1.29, 1.82) is 0 Å². The predicted molar refractivity (Wildman–Crippen MR) is 75.9 cm³/mol. The maximum Gasteiger partial charge on any atom is 0.237 e. The van der Waals surface area contributed by atoms with Crippen molar-refractivity contribution in [3.63, 3.8) is 0 Å². The molecule has 5 nitrogen and oxygen atoms in total. The van der Waals surface area contributed by atoms with Crippen LogP contribution in [0.5, 0.6) is 5.75 Å². The number of likely N-dealkylation sites (N-methyl/N-ethyl adjacent to an activating group) is 1. The van der Waals surface area contributed by atoms with E-state index in [1.807, 2.05) is 25.9 Å². The third kappa shape index (κ3) is 5.72. The second-order valence-corrected chi connectivity index (χ2v) is 5.15. The van der Waals surface area contributed by atoms with Crippen molar-refractivity contribution in [1.82, 2.24) is 10.2 Å². The van der Waals surface area contributed by atoms with Crippen LogP contribution in [0, 0.1) is 0 Å². The SMILES string of the molecule is CC(CN(C)C)NC(=O)[C@H](N)Cc1ccc(O)cc1. The first-order chi connectivity index (χ1) is 8.88. The third-order valence-electron chi connectivity index (χ3n) is 2.76. The molecular weight excluding hydrogens is 242 g/mol. The van der Waals surface area contributed by atoms with E-state index in [4.69, 9.17) is 5.73 Å². The summed E-state index contributed by atoms with van der Waals surface area (Å²) in [5.41, 5.74) is 6.81. The van der Waals surface area contributed by atoms with Crippen LogP contribution in [0.2, 0.25) is 0 Å². The molecule has 5 heteroatoms. The first-order valence-corrected chi connectivity index (χ1v) is 6.37. The predicted octanol–water partition coefficient (Wildman–Crippen LogP) is 0.328. The van der Waals surface area contributed by atoms with E-state index in [-0.39, 0.29) is 17.7 Å². The molecule has 0 heterocycles. The number of carbonyl (C=O) groups is 1. The van der Waals surface area contributed by atoms with Crippen molar-refractivity contribution in [2.24, 2.45) is 5.73 Å². The maximum atomic E-state index is 11.9. The number of nitrogens with one attached hydrogen (secondary N) is 1. The van der Waals surface area contributed by atoms with Crippen molar-refractivity contribution in [2.45, 2.75) is 25.4 Å². The smallest absolute Gasteiger partial charge is 0.237 e. The van der Waals surface area contributed by atoms with Crippen LogP contribution < -0.4 is 11.1 Å². The lowest BCUT2D eigenvalue weighted by molar-refractivity contribution is -0.123. The fraction of sp³-hybridized carbons (Fsp3) is 0.500. The molecule has 0 aliphatic heterocycles. The lowest BCUT2D eigenvalue weighted by Gasteiger charge is -2.20. The number of aromatic hydroxyl groups is 1. The second-order valence-electron chi connectivity index (χ2n) is 5.15. The van der Waals surface area contributed by atoms with Crippen molar-refractivity contribution >= 4 is 5.91 Å². The summed E-state index contributed by atoms with van der Waals surface area (Å²) in [4.78, 5) is 13.9. The molecule has 2 atom stereocenters. The fourth-order valence-electron chi connectivity index (χ4n) is 1.92. The third-order valence-corrected chi connectivity index (χ3v) is 2.76. The molecule has 19 heavy (non-hydrogen) atoms. The number of hydrogen-bond donors (Lipinski definition) is 3. The van der Waals surface area contributed by atoms with Gasteiger partial charge in [-0.2, -0.15) is 0 Å². The van der Waals surface area contributed by atoms with E-state index in [9.17, 15) is 9.90 Å². The average molecular weight is 265 g/mol. The minimum atomic E-state index is -0.575. The van der Waals surface area contributed by atoms with Crippen molar-refractivity contribution in [3.05, 3.63) is 29.8 Å². The van der Waals surface area contributed by atoms with Gasteiger partial charge in [-0.15, -0.1) is 0 Å². The molecule has 0 aliphatic carbocycles. The Morgan fingerprint density at radius 1 is 1.37 bits per heavy atom. The number of rotatable bonds is 6. The molecule has 0 aromatic heterocycles. The van der Waals surface area contributed by atoms with E-state index in [1.54, 1.807) is 24.3 Å². The number of benzene rings is 1. The number of carbonyl (C=O) groups excluding carboxylic acids is 1. The van der Waals surface area contributed by atoms with Gasteiger partial charge >= 0.3 is 0 Å². The molecule has 0 bridgehead atoms. The zero-order valence-corrected chi connectivity index (χ0v) is 11.8. The molecule has 0 radical (unpaired) electrons. The summed E-state index contributed by atoms with van der Waals surface area (Å²) in [6, 6.07) is 6.21. The molecule has 0 saturated carbocycles. The van der Waals surface area contributed by atoms with Gasteiger partial charge in [0.1, 0.15) is 5.75 Å². The molecule has 1 aromatic carbocycles. The number of phenolic OH excluding ortho intramolecular Hbond substituents is 1. The van der Waals surface area contributed by atoms with E-state index in [2.05, 4.69) is 5.32 Å². The van der Waals surface area contributed by atoms with Crippen LogP contribution in [0.1, 0.15) is 12.5 Å². The lowest BCUT2D eigenvalue weighted by atomic mass is 10.1. The molecule has 106 valence electrons. The number of nitrogens with two attached hydrogens (primary N) is 1. The number of amides is 1. The van der Waals surface area contributed by atoms with Gasteiger partial charge < -0.3 is 21.1 Å². The summed E-state index contributed by atoms with van der Waals surface area (Å²) < 4.78 is 0. The van der Waals surface area contributed by atoms with Gasteiger partial charge in [-0.3, -0.25) is 4.79 Å². The van der Waals surface area contributed by atoms with Gasteiger partial charge in [0.15, 0.2) is 0 Å². The minimum absolute atomic E-state index is 0.0633. The van der Waals surface area contributed by atoms with E-state index in [0.29, 0.717) is 6.42 Å². The van der Waals surface area contributed by atoms with Crippen molar-refractivity contribution < 1.29 is 9.90 Å². The Morgan fingerprint density at radius 2 is 1.95 bits per heavy atom. The Hall–Kier alpha value is -1.59. The highest BCUT2D eigenvalue weighted by Crippen LogP contribution is 2.10. The first-order valence-electron chi connectivity index (χ1n) is 6.37. The number of nitrogens with zero attached hydrogens (tertiary/aromatic N) is 1. The average Bonchev–Trinajstić information content (AvgIpc) is 2.30. The van der Waals surface area contributed by atoms with Crippen LogP contribution in [0.15, 0.2) is 24.3 Å². The topological polar surface area (TPSA) is 78.6 Å². The second kappa shape index (κ2) is 7.11. The number of phenols is 1. The lowest BCUT2D eigenvalue weighted by Crippen LogP contribution is -2.48. The van der Waals surface area contributed by atoms with E-state index in [1.165, 1.54) is 0 Å². The highest BCUT2D eigenvalue weighted by Gasteiger charge is 2.16. The zero-order valence-electron chi connectivity index (χ0n) is 11.8. The highest BCUT2D eigenvalue weighted by atomic mass is 16.3. The summed E-state index contributed by atoms with van der Waals surface area (Å²) >= 11 is 0. The molecule has 1 aromatic rings. The molecule has 0 aliphatic rings. The molecule has 1 rings (SSSR count). The molecule has 0 spiro atoms. The largest absolute Gasteiger partial charge is 0.508 e. The molecule has 1 unspecified atom stereocenters. The maximum absolute atomic E-state index is 11.9. The van der Waals surface area contributed by atoms with Gasteiger partial charge in [0.05, 0.1) is 6.04 Å².